The number of hydrogen-bond acceptors (Lipinski definition) is 4. The van der Waals surface area contributed by atoms with Crippen LogP contribution in [0.2, 0.25) is 0 Å². The molecular weight excluding hydrogens is 264 g/mol. The van der Waals surface area contributed by atoms with Crippen LogP contribution in [0.5, 0.6) is 11.5 Å². The highest BCUT2D eigenvalue weighted by molar-refractivity contribution is 5.45. The molecule has 0 bridgehead atoms. The molecule has 2 aliphatic heterocycles. The topological polar surface area (TPSA) is 47.7 Å². The summed E-state index contributed by atoms with van der Waals surface area (Å²) >= 11 is 0. The molecular formula is C17H26N2O2. The minimum absolute atomic E-state index is 0.0709. The third kappa shape index (κ3) is 2.62. The summed E-state index contributed by atoms with van der Waals surface area (Å²) in [4.78, 5) is 2.59. The van der Waals surface area contributed by atoms with Gasteiger partial charge >= 0.3 is 0 Å². The van der Waals surface area contributed by atoms with E-state index in [9.17, 15) is 0 Å². The number of benzene rings is 1. The maximum Gasteiger partial charge on any atom is 0.128 e. The number of fused-ring (bicyclic) bond motifs is 1. The Morgan fingerprint density at radius 2 is 2.05 bits per heavy atom. The molecule has 21 heavy (non-hydrogen) atoms. The van der Waals surface area contributed by atoms with Crippen molar-refractivity contribution in [3.8, 4) is 11.5 Å². The van der Waals surface area contributed by atoms with Crippen molar-refractivity contribution in [3.05, 3.63) is 23.8 Å². The first-order chi connectivity index (χ1) is 10.3. The van der Waals surface area contributed by atoms with Crippen molar-refractivity contribution in [1.82, 2.24) is 4.90 Å². The van der Waals surface area contributed by atoms with E-state index < -0.39 is 0 Å². The fourth-order valence-electron chi connectivity index (χ4n) is 3.81. The molecule has 2 aliphatic rings. The summed E-state index contributed by atoms with van der Waals surface area (Å²) in [5, 5.41) is 0. The Kier molecular flexibility index (Phi) is 4.36. The fraction of sp³-hybridized carbons (Fsp3) is 0.647. The van der Waals surface area contributed by atoms with E-state index in [1.165, 1.54) is 24.8 Å². The van der Waals surface area contributed by atoms with Crippen LogP contribution in [0.4, 0.5) is 0 Å². The predicted octanol–water partition coefficient (Wildman–Crippen LogP) is 2.51. The average Bonchev–Trinajstić information content (AvgIpc) is 2.75. The molecule has 2 N–H and O–H groups in total. The van der Waals surface area contributed by atoms with Gasteiger partial charge in [0.05, 0.1) is 19.3 Å². The molecule has 4 heteroatoms. The zero-order valence-corrected chi connectivity index (χ0v) is 12.9. The number of nitrogens with two attached hydrogens (primary N) is 1. The van der Waals surface area contributed by atoms with Crippen LogP contribution in [0.15, 0.2) is 18.2 Å². The van der Waals surface area contributed by atoms with Gasteiger partial charge in [0.15, 0.2) is 0 Å². The highest BCUT2D eigenvalue weighted by atomic mass is 16.5. The molecule has 1 aromatic carbocycles. The summed E-state index contributed by atoms with van der Waals surface area (Å²) < 4.78 is 11.3. The molecule has 2 heterocycles. The molecule has 0 aromatic heterocycles. The summed E-state index contributed by atoms with van der Waals surface area (Å²) in [7, 11) is 1.69. The molecule has 4 nitrogen and oxygen atoms in total. The standard InChI is InChI=1S/C17H26N2O2/c1-20-14-6-7-15-16(12-14)21-11-5-8-17(15,13-18)19-9-3-2-4-10-19/h6-7,12H,2-5,8-11,13,18H2,1H3. The van der Waals surface area contributed by atoms with E-state index in [2.05, 4.69) is 11.0 Å². The molecule has 3 rings (SSSR count). The van der Waals surface area contributed by atoms with Crippen LogP contribution in [-0.2, 0) is 5.54 Å². The number of rotatable bonds is 3. The molecule has 0 spiro atoms. The molecule has 1 atom stereocenters. The number of methoxy groups -OCH3 is 1. The molecule has 0 radical (unpaired) electrons. The Balaban J connectivity index is 2.03. The smallest absolute Gasteiger partial charge is 0.128 e. The predicted molar refractivity (Wildman–Crippen MR) is 83.9 cm³/mol. The third-order valence-electron chi connectivity index (χ3n) is 4.98. The fourth-order valence-corrected chi connectivity index (χ4v) is 3.81. The van der Waals surface area contributed by atoms with E-state index in [0.29, 0.717) is 6.54 Å². The number of hydrogen-bond donors (Lipinski definition) is 1. The lowest BCUT2D eigenvalue weighted by atomic mass is 9.82. The lowest BCUT2D eigenvalue weighted by Crippen LogP contribution is -2.53. The van der Waals surface area contributed by atoms with Gasteiger partial charge in [0.25, 0.3) is 0 Å². The van der Waals surface area contributed by atoms with Crippen molar-refractivity contribution in [3.63, 3.8) is 0 Å². The second-order valence-corrected chi connectivity index (χ2v) is 6.10. The van der Waals surface area contributed by atoms with Crippen molar-refractivity contribution >= 4 is 0 Å². The van der Waals surface area contributed by atoms with E-state index >= 15 is 0 Å². The first-order valence-corrected chi connectivity index (χ1v) is 8.06. The van der Waals surface area contributed by atoms with Crippen LogP contribution >= 0.6 is 0 Å². The summed E-state index contributed by atoms with van der Waals surface area (Å²) in [6.07, 6.45) is 6.00. The number of ether oxygens (including phenoxy) is 2. The highest BCUT2D eigenvalue weighted by Gasteiger charge is 2.40. The van der Waals surface area contributed by atoms with E-state index in [4.69, 9.17) is 15.2 Å². The van der Waals surface area contributed by atoms with Crippen molar-refractivity contribution in [1.29, 1.82) is 0 Å². The molecule has 1 fully saturated rings. The normalized spacial score (nSPS) is 26.6. The molecule has 0 saturated carbocycles. The maximum atomic E-state index is 6.30. The van der Waals surface area contributed by atoms with E-state index in [1.54, 1.807) is 7.11 Å². The summed E-state index contributed by atoms with van der Waals surface area (Å²) in [5.41, 5.74) is 7.47. The van der Waals surface area contributed by atoms with Crippen LogP contribution in [0.25, 0.3) is 0 Å². The van der Waals surface area contributed by atoms with Crippen LogP contribution in [0.1, 0.15) is 37.7 Å². The third-order valence-corrected chi connectivity index (χ3v) is 4.98. The summed E-state index contributed by atoms with van der Waals surface area (Å²) in [6.45, 7) is 3.69. The second kappa shape index (κ2) is 6.24. The van der Waals surface area contributed by atoms with Crippen LogP contribution < -0.4 is 15.2 Å². The first-order valence-electron chi connectivity index (χ1n) is 8.06. The molecule has 0 aliphatic carbocycles. The van der Waals surface area contributed by atoms with Crippen molar-refractivity contribution in [2.75, 3.05) is 33.4 Å². The molecule has 1 unspecified atom stereocenters. The Morgan fingerprint density at radius 3 is 2.76 bits per heavy atom. The quantitative estimate of drug-likeness (QED) is 0.929. The maximum absolute atomic E-state index is 6.30. The van der Waals surface area contributed by atoms with Gasteiger partial charge in [0.1, 0.15) is 11.5 Å². The highest BCUT2D eigenvalue weighted by Crippen LogP contribution is 2.42. The molecule has 1 aromatic rings. The van der Waals surface area contributed by atoms with Crippen molar-refractivity contribution < 1.29 is 9.47 Å². The number of piperidine rings is 1. The van der Waals surface area contributed by atoms with E-state index in [-0.39, 0.29) is 5.54 Å². The minimum Gasteiger partial charge on any atom is -0.497 e. The monoisotopic (exact) mass is 290 g/mol. The zero-order chi connectivity index (χ0) is 14.7. The summed E-state index contributed by atoms with van der Waals surface area (Å²) in [5.74, 6) is 1.79. The number of nitrogens with zero attached hydrogens (tertiary/aromatic N) is 1. The van der Waals surface area contributed by atoms with Gasteiger partial charge in [-0.1, -0.05) is 6.42 Å². The number of likely N-dealkylation sites (tertiary alicyclic amines) is 1. The second-order valence-electron chi connectivity index (χ2n) is 6.10. The van der Waals surface area contributed by atoms with Gasteiger partial charge < -0.3 is 15.2 Å². The Labute approximate surface area is 127 Å². The largest absolute Gasteiger partial charge is 0.497 e. The van der Waals surface area contributed by atoms with E-state index in [1.807, 2.05) is 12.1 Å². The molecule has 1 saturated heterocycles. The lowest BCUT2D eigenvalue weighted by Gasteiger charge is -2.45. The van der Waals surface area contributed by atoms with Crippen LogP contribution in [0, 0.1) is 0 Å². The van der Waals surface area contributed by atoms with Crippen LogP contribution in [0.3, 0.4) is 0 Å². The van der Waals surface area contributed by atoms with Gasteiger partial charge in [0.2, 0.25) is 0 Å². The van der Waals surface area contributed by atoms with Crippen LogP contribution in [-0.4, -0.2) is 38.3 Å². The van der Waals surface area contributed by atoms with Crippen molar-refractivity contribution in [2.45, 2.75) is 37.6 Å². The summed E-state index contributed by atoms with van der Waals surface area (Å²) in [6, 6.07) is 6.19. The Hall–Kier alpha value is -1.26. The Bertz CT molecular complexity index is 486. The SMILES string of the molecule is COc1ccc2c(c1)OCCCC2(CN)N1CCCCC1. The van der Waals surface area contributed by atoms with Gasteiger partial charge in [-0.25, -0.2) is 0 Å². The van der Waals surface area contributed by atoms with Crippen molar-refractivity contribution in [2.24, 2.45) is 5.73 Å². The minimum atomic E-state index is -0.0709. The van der Waals surface area contributed by atoms with Gasteiger partial charge in [0, 0.05) is 18.2 Å². The zero-order valence-electron chi connectivity index (χ0n) is 12.9. The van der Waals surface area contributed by atoms with Gasteiger partial charge in [-0.05, 0) is 50.9 Å². The van der Waals surface area contributed by atoms with Gasteiger partial charge in [-0.3, -0.25) is 4.90 Å². The van der Waals surface area contributed by atoms with Gasteiger partial charge in [-0.2, -0.15) is 0 Å². The molecule has 0 amide bonds. The Morgan fingerprint density at radius 1 is 1.24 bits per heavy atom. The first kappa shape index (κ1) is 14.7. The molecule has 116 valence electrons. The lowest BCUT2D eigenvalue weighted by molar-refractivity contribution is 0.0624. The van der Waals surface area contributed by atoms with E-state index in [0.717, 1.165) is 44.0 Å². The average molecular weight is 290 g/mol. The van der Waals surface area contributed by atoms with Gasteiger partial charge in [-0.15, -0.1) is 0 Å².